The molecule has 9 heteroatoms. The summed E-state index contributed by atoms with van der Waals surface area (Å²) in [7, 11) is 9.94. The number of aromatic amines is 1. The van der Waals surface area contributed by atoms with Crippen LogP contribution >= 0.6 is 11.6 Å². The smallest absolute Gasteiger partial charge is 0.229 e. The van der Waals surface area contributed by atoms with Crippen molar-refractivity contribution in [2.24, 2.45) is 7.05 Å². The summed E-state index contributed by atoms with van der Waals surface area (Å²) in [5, 5.41) is 1.17. The third-order valence-corrected chi connectivity index (χ3v) is 5.80. The fourth-order valence-corrected chi connectivity index (χ4v) is 4.19. The van der Waals surface area contributed by atoms with Crippen LogP contribution in [0, 0.1) is 5.82 Å². The molecule has 0 atom stereocenters. The van der Waals surface area contributed by atoms with E-state index in [0.29, 0.717) is 45.2 Å². The van der Waals surface area contributed by atoms with Gasteiger partial charge in [-0.2, -0.15) is 0 Å². The number of ether oxygens (including phenoxy) is 1. The van der Waals surface area contributed by atoms with E-state index in [9.17, 15) is 4.39 Å². The Morgan fingerprint density at radius 2 is 2.00 bits per heavy atom. The second-order valence-corrected chi connectivity index (χ2v) is 7.89. The zero-order valence-electron chi connectivity index (χ0n) is 17.4. The summed E-state index contributed by atoms with van der Waals surface area (Å²) in [6, 6.07) is 13.9. The first kappa shape index (κ1) is 20.4. The van der Waals surface area contributed by atoms with Crippen molar-refractivity contribution in [3.8, 4) is 17.0 Å². The standard InChI is InChI=1S/C23H18BClFN5O/c1-30-12-27-20-21(30)17-18(25)19(14-4-3-5-15(26)10-14)28-22(17)29-23(20)31(24)11-13-6-8-16(32-2)9-7-13/h3-10,12H,11H2,1-2H3,(H,28,29). The predicted octanol–water partition coefficient (Wildman–Crippen LogP) is 5.01. The molecule has 0 aliphatic carbocycles. The molecule has 0 saturated heterocycles. The number of fused-ring (bicyclic) bond motifs is 3. The number of rotatable bonds is 5. The molecular weight excluding hydrogens is 428 g/mol. The average Bonchev–Trinajstić information content (AvgIpc) is 3.33. The molecule has 2 aromatic carbocycles. The highest BCUT2D eigenvalue weighted by Gasteiger charge is 2.22. The van der Waals surface area contributed by atoms with Crippen molar-refractivity contribution in [1.29, 1.82) is 0 Å². The van der Waals surface area contributed by atoms with Crippen molar-refractivity contribution in [2.45, 2.75) is 6.54 Å². The Hall–Kier alpha value is -3.52. The number of anilines is 1. The highest BCUT2D eigenvalue weighted by Crippen LogP contribution is 2.40. The molecule has 32 heavy (non-hydrogen) atoms. The molecule has 0 bridgehead atoms. The Balaban J connectivity index is 1.64. The molecule has 0 amide bonds. The van der Waals surface area contributed by atoms with Crippen LogP contribution in [0.1, 0.15) is 5.56 Å². The van der Waals surface area contributed by atoms with E-state index in [-0.39, 0.29) is 5.82 Å². The lowest BCUT2D eigenvalue weighted by atomic mass is 10.1. The summed E-state index contributed by atoms with van der Waals surface area (Å²) in [4.78, 5) is 14.1. The second kappa shape index (κ2) is 7.87. The number of methoxy groups -OCH3 is 1. The van der Waals surface area contributed by atoms with Gasteiger partial charge < -0.3 is 19.1 Å². The predicted molar refractivity (Wildman–Crippen MR) is 126 cm³/mol. The molecule has 2 radical (unpaired) electrons. The van der Waals surface area contributed by atoms with Crippen LogP contribution in [0.5, 0.6) is 5.75 Å². The van der Waals surface area contributed by atoms with E-state index in [2.05, 4.69) is 9.97 Å². The SMILES string of the molecule is [B]N(Cc1ccc(OC)cc1)c1nc2[nH]c(-c3cccc(F)c3)c(Cl)c2c2c1ncn2C. The van der Waals surface area contributed by atoms with E-state index in [0.717, 1.165) is 16.8 Å². The molecule has 3 heterocycles. The van der Waals surface area contributed by atoms with Gasteiger partial charge in [0, 0.05) is 19.2 Å². The van der Waals surface area contributed by atoms with Crippen LogP contribution in [0.3, 0.4) is 0 Å². The highest BCUT2D eigenvalue weighted by molar-refractivity contribution is 6.40. The third-order valence-electron chi connectivity index (χ3n) is 5.42. The van der Waals surface area contributed by atoms with Crippen molar-refractivity contribution < 1.29 is 9.13 Å². The molecule has 5 aromatic rings. The minimum Gasteiger partial charge on any atom is -0.497 e. The van der Waals surface area contributed by atoms with Crippen LogP contribution in [-0.4, -0.2) is 34.6 Å². The molecule has 5 rings (SSSR count). The molecule has 158 valence electrons. The van der Waals surface area contributed by atoms with E-state index in [4.69, 9.17) is 29.3 Å². The topological polar surface area (TPSA) is 59.0 Å². The summed E-state index contributed by atoms with van der Waals surface area (Å²) in [5.74, 6) is 0.937. The van der Waals surface area contributed by atoms with Crippen LogP contribution in [0.4, 0.5) is 10.2 Å². The van der Waals surface area contributed by atoms with Gasteiger partial charge in [-0.3, -0.25) is 0 Å². The van der Waals surface area contributed by atoms with Crippen LogP contribution in [0.15, 0.2) is 54.9 Å². The maximum absolute atomic E-state index is 13.8. The number of H-pyrrole nitrogens is 1. The van der Waals surface area contributed by atoms with E-state index < -0.39 is 0 Å². The number of hydrogen-bond donors (Lipinski definition) is 1. The van der Waals surface area contributed by atoms with Gasteiger partial charge in [0.25, 0.3) is 0 Å². The van der Waals surface area contributed by atoms with Crippen LogP contribution in [0.2, 0.25) is 5.02 Å². The quantitative estimate of drug-likeness (QED) is 0.386. The maximum atomic E-state index is 13.8. The Kier molecular flexibility index (Phi) is 5.02. The van der Waals surface area contributed by atoms with Crippen molar-refractivity contribution in [3.05, 3.63) is 71.3 Å². The van der Waals surface area contributed by atoms with Crippen molar-refractivity contribution in [2.75, 3.05) is 11.9 Å². The normalized spacial score (nSPS) is 11.4. The fourth-order valence-electron chi connectivity index (χ4n) is 3.86. The van der Waals surface area contributed by atoms with Crippen molar-refractivity contribution >= 4 is 47.5 Å². The Morgan fingerprint density at radius 1 is 1.22 bits per heavy atom. The zero-order chi connectivity index (χ0) is 22.4. The molecule has 0 aliphatic heterocycles. The summed E-state index contributed by atoms with van der Waals surface area (Å²) in [5.41, 5.74) is 4.18. The number of hydrogen-bond acceptors (Lipinski definition) is 4. The third kappa shape index (κ3) is 3.37. The van der Waals surface area contributed by atoms with Gasteiger partial charge in [0.1, 0.15) is 28.5 Å². The minimum absolute atomic E-state index is 0.343. The molecular formula is C23H18BClFN5O. The summed E-state index contributed by atoms with van der Waals surface area (Å²) in [6.45, 7) is 0.416. The number of aromatic nitrogens is 4. The summed E-state index contributed by atoms with van der Waals surface area (Å²) < 4.78 is 20.9. The fraction of sp³-hybridized carbons (Fsp3) is 0.130. The van der Waals surface area contributed by atoms with Gasteiger partial charge in [0.2, 0.25) is 7.98 Å². The molecule has 1 N–H and O–H groups in total. The maximum Gasteiger partial charge on any atom is 0.229 e. The van der Waals surface area contributed by atoms with Gasteiger partial charge >= 0.3 is 0 Å². The van der Waals surface area contributed by atoms with Gasteiger partial charge in [0.05, 0.1) is 35.1 Å². The Bertz CT molecular complexity index is 1450. The van der Waals surface area contributed by atoms with E-state index in [1.807, 2.05) is 35.9 Å². The number of benzene rings is 2. The lowest BCUT2D eigenvalue weighted by Crippen LogP contribution is -2.20. The summed E-state index contributed by atoms with van der Waals surface area (Å²) >= 11 is 6.75. The van der Waals surface area contributed by atoms with Crippen LogP contribution in [0.25, 0.3) is 33.3 Å². The van der Waals surface area contributed by atoms with Crippen LogP contribution < -0.4 is 9.55 Å². The first-order chi connectivity index (χ1) is 15.5. The molecule has 3 aromatic heterocycles. The van der Waals surface area contributed by atoms with Crippen LogP contribution in [-0.2, 0) is 13.6 Å². The number of nitrogens with one attached hydrogen (secondary N) is 1. The molecule has 0 aliphatic rings. The molecule has 0 saturated carbocycles. The van der Waals surface area contributed by atoms with Gasteiger partial charge in [0.15, 0.2) is 0 Å². The molecule has 0 spiro atoms. The van der Waals surface area contributed by atoms with E-state index in [1.54, 1.807) is 30.4 Å². The number of imidazole rings is 1. The van der Waals surface area contributed by atoms with Crippen molar-refractivity contribution in [1.82, 2.24) is 19.5 Å². The highest BCUT2D eigenvalue weighted by atomic mass is 35.5. The number of aryl methyl sites for hydroxylation is 1. The Labute approximate surface area is 190 Å². The van der Waals surface area contributed by atoms with Gasteiger partial charge in [-0.1, -0.05) is 35.9 Å². The van der Waals surface area contributed by atoms with Gasteiger partial charge in [-0.05, 0) is 29.8 Å². The zero-order valence-corrected chi connectivity index (χ0v) is 18.2. The van der Waals surface area contributed by atoms with E-state index in [1.165, 1.54) is 12.1 Å². The first-order valence-electron chi connectivity index (χ1n) is 9.89. The largest absolute Gasteiger partial charge is 0.497 e. The Morgan fingerprint density at radius 3 is 2.72 bits per heavy atom. The second-order valence-electron chi connectivity index (χ2n) is 7.51. The van der Waals surface area contributed by atoms with E-state index >= 15 is 0 Å². The number of nitrogens with zero attached hydrogens (tertiary/aromatic N) is 4. The molecule has 6 nitrogen and oxygen atoms in total. The molecule has 0 unspecified atom stereocenters. The summed E-state index contributed by atoms with van der Waals surface area (Å²) in [6.07, 6.45) is 1.70. The number of pyridine rings is 1. The monoisotopic (exact) mass is 445 g/mol. The minimum atomic E-state index is -0.343. The average molecular weight is 446 g/mol. The van der Waals surface area contributed by atoms with Crippen molar-refractivity contribution in [3.63, 3.8) is 0 Å². The van der Waals surface area contributed by atoms with Gasteiger partial charge in [-0.25, -0.2) is 14.4 Å². The lowest BCUT2D eigenvalue weighted by molar-refractivity contribution is 0.414. The lowest BCUT2D eigenvalue weighted by Gasteiger charge is -2.20. The van der Waals surface area contributed by atoms with Gasteiger partial charge in [-0.15, -0.1) is 0 Å². The first-order valence-corrected chi connectivity index (χ1v) is 10.3. The number of halogens is 2. The molecule has 0 fully saturated rings.